The van der Waals surface area contributed by atoms with Gasteiger partial charge in [0.05, 0.1) is 11.5 Å². The van der Waals surface area contributed by atoms with E-state index in [1.165, 1.54) is 12.1 Å². The molecule has 0 saturated heterocycles. The number of aromatic nitrogens is 2. The molecular weight excluding hydrogens is 270 g/mol. The van der Waals surface area contributed by atoms with Gasteiger partial charge in [-0.1, -0.05) is 11.3 Å². The van der Waals surface area contributed by atoms with E-state index in [9.17, 15) is 14.9 Å². The highest BCUT2D eigenvalue weighted by atomic mass is 32.1. The summed E-state index contributed by atoms with van der Waals surface area (Å²) in [5.41, 5.74) is 0.539. The van der Waals surface area contributed by atoms with E-state index in [2.05, 4.69) is 20.6 Å². The summed E-state index contributed by atoms with van der Waals surface area (Å²) >= 11 is 1.04. The van der Waals surface area contributed by atoms with Crippen molar-refractivity contribution in [1.82, 2.24) is 9.97 Å². The van der Waals surface area contributed by atoms with Crippen LogP contribution in [0.5, 0.6) is 0 Å². The van der Waals surface area contributed by atoms with E-state index < -0.39 is 4.92 Å². The van der Waals surface area contributed by atoms with E-state index in [1.54, 1.807) is 12.4 Å². The van der Waals surface area contributed by atoms with E-state index in [4.69, 9.17) is 0 Å². The van der Waals surface area contributed by atoms with Crippen molar-refractivity contribution in [1.29, 1.82) is 0 Å². The van der Waals surface area contributed by atoms with Crippen LogP contribution in [0, 0.1) is 10.1 Å². The van der Waals surface area contributed by atoms with Gasteiger partial charge in [-0.3, -0.25) is 14.9 Å². The maximum Gasteiger partial charge on any atom is 0.311 e. The summed E-state index contributed by atoms with van der Waals surface area (Å²) in [6.45, 7) is 0.264. The predicted molar refractivity (Wildman–Crippen MR) is 72.7 cm³/mol. The lowest BCUT2D eigenvalue weighted by molar-refractivity contribution is -0.384. The highest BCUT2D eigenvalue weighted by molar-refractivity contribution is 7.07. The molecule has 0 radical (unpaired) electrons. The lowest BCUT2D eigenvalue weighted by Crippen LogP contribution is -2.07. The molecule has 0 unspecified atom stereocenters. The number of anilines is 2. The summed E-state index contributed by atoms with van der Waals surface area (Å²) in [5, 5.41) is 18.2. The van der Waals surface area contributed by atoms with Crippen LogP contribution in [0.1, 0.15) is 5.69 Å². The van der Waals surface area contributed by atoms with Gasteiger partial charge in [0.15, 0.2) is 0 Å². The Bertz CT molecular complexity index is 651. The molecule has 0 aliphatic heterocycles. The second-order valence-corrected chi connectivity index (χ2v) is 4.44. The first-order valence-electron chi connectivity index (χ1n) is 5.34. The van der Waals surface area contributed by atoms with Crippen LogP contribution in [0.15, 0.2) is 22.3 Å². The first-order chi connectivity index (χ1) is 9.10. The second-order valence-electron chi connectivity index (χ2n) is 3.60. The fraction of sp³-hybridized carbons (Fsp3) is 0.200. The first-order valence-corrected chi connectivity index (χ1v) is 6.22. The van der Waals surface area contributed by atoms with Gasteiger partial charge in [-0.2, -0.15) is 0 Å². The van der Waals surface area contributed by atoms with Crippen LogP contribution in [0.4, 0.5) is 17.3 Å². The molecule has 19 heavy (non-hydrogen) atoms. The van der Waals surface area contributed by atoms with Crippen molar-refractivity contribution in [2.24, 2.45) is 0 Å². The number of pyridine rings is 1. The smallest absolute Gasteiger partial charge is 0.311 e. The molecule has 0 bridgehead atoms. The Balaban J connectivity index is 2.22. The Hall–Kier alpha value is -2.42. The van der Waals surface area contributed by atoms with Crippen LogP contribution in [0.25, 0.3) is 0 Å². The standard InChI is InChI=1S/C10H11N5O3S/c1-11-8-3-2-7(15(17)18)9(14-8)12-4-6-5-19-10(16)13-6/h2-3,5H,4H2,1H3,(H,13,16)(H2,11,12,14). The normalized spacial score (nSPS) is 10.2. The predicted octanol–water partition coefficient (Wildman–Crippen LogP) is 1.39. The molecule has 8 nitrogen and oxygen atoms in total. The number of aromatic amines is 1. The third kappa shape index (κ3) is 3.07. The molecular formula is C10H11N5O3S. The molecule has 0 aromatic carbocycles. The summed E-state index contributed by atoms with van der Waals surface area (Å²) in [7, 11) is 1.67. The molecule has 2 aromatic rings. The van der Waals surface area contributed by atoms with E-state index in [-0.39, 0.29) is 22.9 Å². The van der Waals surface area contributed by atoms with E-state index in [1.807, 2.05) is 0 Å². The Morgan fingerprint density at radius 3 is 2.89 bits per heavy atom. The van der Waals surface area contributed by atoms with Gasteiger partial charge in [-0.05, 0) is 6.07 Å². The molecule has 0 aliphatic carbocycles. The van der Waals surface area contributed by atoms with Crippen molar-refractivity contribution >= 4 is 28.7 Å². The van der Waals surface area contributed by atoms with Gasteiger partial charge in [0.1, 0.15) is 5.82 Å². The average Bonchev–Trinajstić information content (AvgIpc) is 2.81. The number of hydrogen-bond acceptors (Lipinski definition) is 7. The Labute approximate surface area is 111 Å². The van der Waals surface area contributed by atoms with Crippen LogP contribution in [0.3, 0.4) is 0 Å². The van der Waals surface area contributed by atoms with Crippen LogP contribution in [-0.4, -0.2) is 21.9 Å². The summed E-state index contributed by atoms with van der Waals surface area (Å²) in [6, 6.07) is 2.90. The highest BCUT2D eigenvalue weighted by Gasteiger charge is 2.15. The van der Waals surface area contributed by atoms with Crippen molar-refractivity contribution in [3.63, 3.8) is 0 Å². The SMILES string of the molecule is CNc1ccc([N+](=O)[O-])c(NCc2csc(=O)[nH]2)n1. The Kier molecular flexibility index (Phi) is 3.76. The van der Waals surface area contributed by atoms with E-state index >= 15 is 0 Å². The maximum atomic E-state index is 11.0. The molecule has 0 spiro atoms. The number of nitrogens with zero attached hydrogens (tertiary/aromatic N) is 2. The number of H-pyrrole nitrogens is 1. The fourth-order valence-corrected chi connectivity index (χ4v) is 2.03. The maximum absolute atomic E-state index is 11.0. The minimum absolute atomic E-state index is 0.114. The molecule has 2 aromatic heterocycles. The average molecular weight is 281 g/mol. The number of hydrogen-bond donors (Lipinski definition) is 3. The minimum Gasteiger partial charge on any atom is -0.373 e. The van der Waals surface area contributed by atoms with Gasteiger partial charge >= 0.3 is 10.6 Å². The molecule has 2 rings (SSSR count). The molecule has 0 atom stereocenters. The minimum atomic E-state index is -0.509. The van der Waals surface area contributed by atoms with Gasteiger partial charge in [0.25, 0.3) is 0 Å². The van der Waals surface area contributed by atoms with Crippen molar-refractivity contribution in [2.45, 2.75) is 6.54 Å². The molecule has 0 amide bonds. The molecule has 0 fully saturated rings. The molecule has 0 saturated carbocycles. The van der Waals surface area contributed by atoms with Crippen molar-refractivity contribution in [2.75, 3.05) is 17.7 Å². The number of nitro groups is 1. The zero-order valence-electron chi connectivity index (χ0n) is 9.97. The number of thiazole rings is 1. The quantitative estimate of drug-likeness (QED) is 0.564. The molecule has 3 N–H and O–H groups in total. The van der Waals surface area contributed by atoms with Gasteiger partial charge in [-0.25, -0.2) is 4.98 Å². The van der Waals surface area contributed by atoms with Crippen LogP contribution >= 0.6 is 11.3 Å². The van der Waals surface area contributed by atoms with E-state index in [0.717, 1.165) is 11.3 Å². The molecule has 100 valence electrons. The Morgan fingerprint density at radius 1 is 1.53 bits per heavy atom. The lowest BCUT2D eigenvalue weighted by Gasteiger charge is -2.06. The van der Waals surface area contributed by atoms with Crippen molar-refractivity contribution in [3.05, 3.63) is 43.0 Å². The first kappa shape index (κ1) is 13.0. The number of rotatable bonds is 5. The highest BCUT2D eigenvalue weighted by Crippen LogP contribution is 2.24. The largest absolute Gasteiger partial charge is 0.373 e. The van der Waals surface area contributed by atoms with Crippen LogP contribution in [-0.2, 0) is 6.54 Å². The number of nitrogens with one attached hydrogen (secondary N) is 3. The van der Waals surface area contributed by atoms with E-state index in [0.29, 0.717) is 11.5 Å². The molecule has 2 heterocycles. The molecule has 0 aliphatic rings. The fourth-order valence-electron chi connectivity index (χ4n) is 1.45. The van der Waals surface area contributed by atoms with Gasteiger partial charge < -0.3 is 15.6 Å². The summed E-state index contributed by atoms with van der Waals surface area (Å²) in [4.78, 5) is 27.9. The van der Waals surface area contributed by atoms with Crippen molar-refractivity contribution in [3.8, 4) is 0 Å². The lowest BCUT2D eigenvalue weighted by atomic mass is 10.3. The van der Waals surface area contributed by atoms with Gasteiger partial charge in [0.2, 0.25) is 5.82 Å². The van der Waals surface area contributed by atoms with Crippen LogP contribution in [0.2, 0.25) is 0 Å². The zero-order valence-corrected chi connectivity index (χ0v) is 10.8. The summed E-state index contributed by atoms with van der Waals surface area (Å²) < 4.78 is 0. The summed E-state index contributed by atoms with van der Waals surface area (Å²) in [5.74, 6) is 0.677. The van der Waals surface area contributed by atoms with Crippen molar-refractivity contribution < 1.29 is 4.92 Å². The van der Waals surface area contributed by atoms with Crippen LogP contribution < -0.4 is 15.5 Å². The van der Waals surface area contributed by atoms with Gasteiger partial charge in [-0.15, -0.1) is 0 Å². The monoisotopic (exact) mass is 281 g/mol. The third-order valence-corrected chi connectivity index (χ3v) is 3.06. The Morgan fingerprint density at radius 2 is 2.32 bits per heavy atom. The molecule has 9 heteroatoms. The second kappa shape index (κ2) is 5.48. The zero-order chi connectivity index (χ0) is 13.8. The topological polar surface area (TPSA) is 113 Å². The summed E-state index contributed by atoms with van der Waals surface area (Å²) in [6.07, 6.45) is 0. The third-order valence-electron chi connectivity index (χ3n) is 2.34. The van der Waals surface area contributed by atoms with Gasteiger partial charge in [0, 0.05) is 24.2 Å².